The molecule has 0 radical (unpaired) electrons. The highest BCUT2D eigenvalue weighted by Crippen LogP contribution is 2.29. The molecule has 162 valence electrons. The zero-order valence-electron chi connectivity index (χ0n) is 16.8. The van der Waals surface area contributed by atoms with Gasteiger partial charge in [0, 0.05) is 44.4 Å². The molecular formula is C23H22F3N3O2. The molecule has 31 heavy (non-hydrogen) atoms. The molecule has 0 spiro atoms. The summed E-state index contributed by atoms with van der Waals surface area (Å²) in [6.07, 6.45) is -3.56. The lowest BCUT2D eigenvalue weighted by Crippen LogP contribution is -2.34. The summed E-state index contributed by atoms with van der Waals surface area (Å²) in [4.78, 5) is 16.7. The summed E-state index contributed by atoms with van der Waals surface area (Å²) in [5, 5.41) is 4.01. The number of benzene rings is 2. The van der Waals surface area contributed by atoms with Gasteiger partial charge < -0.3 is 9.42 Å². The van der Waals surface area contributed by atoms with Crippen LogP contribution in [0.25, 0.3) is 11.3 Å². The van der Waals surface area contributed by atoms with E-state index in [9.17, 15) is 18.0 Å². The minimum atomic E-state index is -4.33. The summed E-state index contributed by atoms with van der Waals surface area (Å²) in [5.41, 5.74) is 1.66. The van der Waals surface area contributed by atoms with Gasteiger partial charge in [0.1, 0.15) is 5.69 Å². The number of nitrogens with zero attached hydrogens (tertiary/aromatic N) is 3. The van der Waals surface area contributed by atoms with Gasteiger partial charge >= 0.3 is 6.18 Å². The van der Waals surface area contributed by atoms with Crippen molar-refractivity contribution >= 4 is 5.91 Å². The number of amides is 1. The molecule has 5 nitrogen and oxygen atoms in total. The van der Waals surface area contributed by atoms with E-state index >= 15 is 0 Å². The normalized spacial score (nSPS) is 15.6. The van der Waals surface area contributed by atoms with Crippen molar-refractivity contribution in [1.82, 2.24) is 15.0 Å². The van der Waals surface area contributed by atoms with Crippen molar-refractivity contribution in [3.63, 3.8) is 0 Å². The fraction of sp³-hybridized carbons (Fsp3) is 0.304. The first-order valence-corrected chi connectivity index (χ1v) is 10.1. The summed E-state index contributed by atoms with van der Waals surface area (Å²) in [6, 6.07) is 16.4. The largest absolute Gasteiger partial charge is 0.416 e. The SMILES string of the molecule is O=C(c1cc(-c2ccccc2)no1)N1CCCN(Cc2ccc(C(F)(F)F)cc2)CC1. The van der Waals surface area contributed by atoms with Crippen LogP contribution in [-0.4, -0.2) is 47.0 Å². The smallest absolute Gasteiger partial charge is 0.350 e. The molecule has 8 heteroatoms. The standard InChI is InChI=1S/C23H22F3N3O2/c24-23(25,26)19-9-7-17(8-10-19)16-28-11-4-12-29(14-13-28)22(30)21-15-20(27-31-21)18-5-2-1-3-6-18/h1-3,5-10,15H,4,11-14,16H2. The predicted octanol–water partition coefficient (Wildman–Crippen LogP) is 4.71. The summed E-state index contributed by atoms with van der Waals surface area (Å²) in [7, 11) is 0. The van der Waals surface area contributed by atoms with Crippen LogP contribution in [0.5, 0.6) is 0 Å². The highest BCUT2D eigenvalue weighted by Gasteiger charge is 2.30. The molecule has 1 saturated heterocycles. The Hall–Kier alpha value is -3.13. The number of halogens is 3. The Labute approximate surface area is 178 Å². The topological polar surface area (TPSA) is 49.6 Å². The Balaban J connectivity index is 1.36. The number of aromatic nitrogens is 1. The van der Waals surface area contributed by atoms with E-state index in [0.717, 1.165) is 36.2 Å². The lowest BCUT2D eigenvalue weighted by molar-refractivity contribution is -0.137. The number of rotatable bonds is 4. The minimum absolute atomic E-state index is 0.203. The number of alkyl halides is 3. The third kappa shape index (κ3) is 5.14. The van der Waals surface area contributed by atoms with Crippen LogP contribution in [-0.2, 0) is 12.7 Å². The third-order valence-electron chi connectivity index (χ3n) is 5.35. The number of carbonyl (C=O) groups is 1. The monoisotopic (exact) mass is 429 g/mol. The van der Waals surface area contributed by atoms with E-state index in [-0.39, 0.29) is 11.7 Å². The van der Waals surface area contributed by atoms with Gasteiger partial charge in [0.2, 0.25) is 5.76 Å². The van der Waals surface area contributed by atoms with Crippen molar-refractivity contribution < 1.29 is 22.5 Å². The molecule has 2 heterocycles. The Morgan fingerprint density at radius 2 is 1.71 bits per heavy atom. The van der Waals surface area contributed by atoms with Gasteiger partial charge in [-0.2, -0.15) is 13.2 Å². The van der Waals surface area contributed by atoms with E-state index in [0.29, 0.717) is 31.9 Å². The van der Waals surface area contributed by atoms with Crippen LogP contribution < -0.4 is 0 Å². The third-order valence-corrected chi connectivity index (χ3v) is 5.35. The molecular weight excluding hydrogens is 407 g/mol. The molecule has 0 N–H and O–H groups in total. The van der Waals surface area contributed by atoms with Gasteiger partial charge in [0.25, 0.3) is 5.91 Å². The average molecular weight is 429 g/mol. The first kappa shape index (κ1) is 21.1. The molecule has 0 unspecified atom stereocenters. The Morgan fingerprint density at radius 1 is 0.968 bits per heavy atom. The van der Waals surface area contributed by atoms with Crippen LogP contribution in [0, 0.1) is 0 Å². The molecule has 0 bridgehead atoms. The van der Waals surface area contributed by atoms with Crippen molar-refractivity contribution in [1.29, 1.82) is 0 Å². The summed E-state index contributed by atoms with van der Waals surface area (Å²) >= 11 is 0. The molecule has 4 rings (SSSR count). The first-order chi connectivity index (χ1) is 14.9. The fourth-order valence-corrected chi connectivity index (χ4v) is 3.67. The van der Waals surface area contributed by atoms with Gasteiger partial charge in [-0.15, -0.1) is 0 Å². The summed E-state index contributed by atoms with van der Waals surface area (Å²) in [5.74, 6) is 0.00102. The van der Waals surface area contributed by atoms with Gasteiger partial charge in [0.15, 0.2) is 0 Å². The molecule has 1 aliphatic heterocycles. The molecule has 1 aromatic heterocycles. The van der Waals surface area contributed by atoms with Gasteiger partial charge in [-0.1, -0.05) is 47.6 Å². The Bertz CT molecular complexity index is 1020. The van der Waals surface area contributed by atoms with Crippen LogP contribution >= 0.6 is 0 Å². The highest BCUT2D eigenvalue weighted by molar-refractivity contribution is 5.92. The average Bonchev–Trinajstić information content (AvgIpc) is 3.15. The molecule has 0 aliphatic carbocycles. The van der Waals surface area contributed by atoms with E-state index in [2.05, 4.69) is 10.1 Å². The zero-order chi connectivity index (χ0) is 21.8. The minimum Gasteiger partial charge on any atom is -0.350 e. The van der Waals surface area contributed by atoms with Gasteiger partial charge in [-0.05, 0) is 24.1 Å². The maximum Gasteiger partial charge on any atom is 0.416 e. The molecule has 1 aliphatic rings. The molecule has 1 fully saturated rings. The first-order valence-electron chi connectivity index (χ1n) is 10.1. The summed E-state index contributed by atoms with van der Waals surface area (Å²) in [6.45, 7) is 3.04. The van der Waals surface area contributed by atoms with E-state index in [4.69, 9.17) is 4.52 Å². The Kier molecular flexibility index (Phi) is 6.08. The lowest BCUT2D eigenvalue weighted by Gasteiger charge is -2.21. The Morgan fingerprint density at radius 3 is 2.42 bits per heavy atom. The lowest BCUT2D eigenvalue weighted by atomic mass is 10.1. The van der Waals surface area contributed by atoms with Crippen LogP contribution in [0.4, 0.5) is 13.2 Å². The molecule has 0 atom stereocenters. The van der Waals surface area contributed by atoms with Crippen molar-refractivity contribution in [3.05, 3.63) is 77.6 Å². The quantitative estimate of drug-likeness (QED) is 0.603. The molecule has 2 aromatic carbocycles. The van der Waals surface area contributed by atoms with E-state index < -0.39 is 11.7 Å². The van der Waals surface area contributed by atoms with E-state index in [1.54, 1.807) is 11.0 Å². The maximum atomic E-state index is 12.9. The van der Waals surface area contributed by atoms with Crippen LogP contribution in [0.15, 0.2) is 65.2 Å². The second kappa shape index (κ2) is 8.93. The van der Waals surface area contributed by atoms with Crippen molar-refractivity contribution in [3.8, 4) is 11.3 Å². The van der Waals surface area contributed by atoms with Gasteiger partial charge in [-0.3, -0.25) is 9.69 Å². The van der Waals surface area contributed by atoms with Gasteiger partial charge in [0.05, 0.1) is 5.56 Å². The fourth-order valence-electron chi connectivity index (χ4n) is 3.67. The molecule has 3 aromatic rings. The molecule has 0 saturated carbocycles. The number of hydrogen-bond acceptors (Lipinski definition) is 4. The second-order valence-corrected chi connectivity index (χ2v) is 7.56. The maximum absolute atomic E-state index is 12.9. The van der Waals surface area contributed by atoms with Crippen LogP contribution in [0.2, 0.25) is 0 Å². The van der Waals surface area contributed by atoms with E-state index in [1.807, 2.05) is 30.3 Å². The highest BCUT2D eigenvalue weighted by atomic mass is 19.4. The van der Waals surface area contributed by atoms with E-state index in [1.165, 1.54) is 12.1 Å². The number of hydrogen-bond donors (Lipinski definition) is 0. The summed E-state index contributed by atoms with van der Waals surface area (Å²) < 4.78 is 43.5. The zero-order valence-corrected chi connectivity index (χ0v) is 16.8. The van der Waals surface area contributed by atoms with Crippen molar-refractivity contribution in [2.75, 3.05) is 26.2 Å². The van der Waals surface area contributed by atoms with Crippen LogP contribution in [0.1, 0.15) is 28.1 Å². The van der Waals surface area contributed by atoms with Crippen LogP contribution in [0.3, 0.4) is 0 Å². The number of carbonyl (C=O) groups excluding carboxylic acids is 1. The van der Waals surface area contributed by atoms with Crippen molar-refractivity contribution in [2.45, 2.75) is 19.1 Å². The predicted molar refractivity (Wildman–Crippen MR) is 109 cm³/mol. The van der Waals surface area contributed by atoms with Gasteiger partial charge in [-0.25, -0.2) is 0 Å². The second-order valence-electron chi connectivity index (χ2n) is 7.56. The van der Waals surface area contributed by atoms with Crippen molar-refractivity contribution in [2.24, 2.45) is 0 Å². The molecule has 1 amide bonds.